The standard InChI is InChI=1S/C15H14N4O/c1-9-8-12(17-11-5-3-2-4-10(9)11)13-18-14(20-19-13)15(16)6-7-15/h2-5,8H,6-7,16H2,1H3. The quantitative estimate of drug-likeness (QED) is 0.771. The monoisotopic (exact) mass is 266 g/mol. The summed E-state index contributed by atoms with van der Waals surface area (Å²) < 4.78 is 5.27. The third-order valence-electron chi connectivity index (χ3n) is 3.79. The molecular formula is C15H14N4O. The molecule has 1 aromatic carbocycles. The van der Waals surface area contributed by atoms with Gasteiger partial charge in [-0.15, -0.1) is 0 Å². The van der Waals surface area contributed by atoms with Gasteiger partial charge in [-0.25, -0.2) is 4.98 Å². The summed E-state index contributed by atoms with van der Waals surface area (Å²) in [5, 5.41) is 5.15. The Bertz CT molecular complexity index is 804. The highest BCUT2D eigenvalue weighted by atomic mass is 16.5. The van der Waals surface area contributed by atoms with Gasteiger partial charge in [-0.3, -0.25) is 0 Å². The van der Waals surface area contributed by atoms with Gasteiger partial charge in [0.05, 0.1) is 11.1 Å². The number of hydrogen-bond acceptors (Lipinski definition) is 5. The Hall–Kier alpha value is -2.27. The maximum Gasteiger partial charge on any atom is 0.247 e. The van der Waals surface area contributed by atoms with Gasteiger partial charge in [-0.1, -0.05) is 23.4 Å². The number of hydrogen-bond donors (Lipinski definition) is 1. The van der Waals surface area contributed by atoms with Gasteiger partial charge in [0.1, 0.15) is 5.69 Å². The molecule has 0 amide bonds. The Balaban J connectivity index is 1.83. The second-order valence-electron chi connectivity index (χ2n) is 5.42. The Labute approximate surface area is 115 Å². The van der Waals surface area contributed by atoms with Crippen molar-refractivity contribution in [2.75, 3.05) is 0 Å². The summed E-state index contributed by atoms with van der Waals surface area (Å²) in [6.45, 7) is 2.06. The number of aryl methyl sites for hydroxylation is 1. The lowest BCUT2D eigenvalue weighted by Gasteiger charge is -2.03. The van der Waals surface area contributed by atoms with Crippen molar-refractivity contribution >= 4 is 10.9 Å². The fraction of sp³-hybridized carbons (Fsp3) is 0.267. The first kappa shape index (κ1) is 11.5. The van der Waals surface area contributed by atoms with Gasteiger partial charge in [0, 0.05) is 5.39 Å². The predicted molar refractivity (Wildman–Crippen MR) is 74.9 cm³/mol. The lowest BCUT2D eigenvalue weighted by atomic mass is 10.1. The van der Waals surface area contributed by atoms with Crippen molar-refractivity contribution in [2.24, 2.45) is 5.73 Å². The van der Waals surface area contributed by atoms with Gasteiger partial charge in [-0.2, -0.15) is 4.98 Å². The topological polar surface area (TPSA) is 77.8 Å². The van der Waals surface area contributed by atoms with Crippen LogP contribution in [0.5, 0.6) is 0 Å². The molecule has 1 aliphatic carbocycles. The average Bonchev–Trinajstić information content (AvgIpc) is 3.02. The molecule has 5 nitrogen and oxygen atoms in total. The molecule has 0 saturated heterocycles. The highest BCUT2D eigenvalue weighted by molar-refractivity contribution is 5.84. The van der Waals surface area contributed by atoms with E-state index in [4.69, 9.17) is 10.3 Å². The molecule has 0 aliphatic heterocycles. The summed E-state index contributed by atoms with van der Waals surface area (Å²) in [6.07, 6.45) is 1.80. The van der Waals surface area contributed by atoms with Gasteiger partial charge in [0.2, 0.25) is 11.7 Å². The Morgan fingerprint density at radius 3 is 2.80 bits per heavy atom. The van der Waals surface area contributed by atoms with E-state index in [9.17, 15) is 0 Å². The summed E-state index contributed by atoms with van der Waals surface area (Å²) in [4.78, 5) is 8.99. The molecule has 0 atom stereocenters. The number of nitrogens with two attached hydrogens (primary N) is 1. The van der Waals surface area contributed by atoms with E-state index in [0.29, 0.717) is 11.7 Å². The number of fused-ring (bicyclic) bond motifs is 1. The van der Waals surface area contributed by atoms with Crippen molar-refractivity contribution in [1.29, 1.82) is 0 Å². The van der Waals surface area contributed by atoms with E-state index in [-0.39, 0.29) is 0 Å². The van der Waals surface area contributed by atoms with E-state index in [1.165, 1.54) is 0 Å². The van der Waals surface area contributed by atoms with Crippen LogP contribution in [0.2, 0.25) is 0 Å². The molecule has 1 fully saturated rings. The van der Waals surface area contributed by atoms with Crippen LogP contribution in [-0.4, -0.2) is 15.1 Å². The molecule has 2 N–H and O–H groups in total. The van der Waals surface area contributed by atoms with Crippen molar-refractivity contribution in [2.45, 2.75) is 25.3 Å². The van der Waals surface area contributed by atoms with Crippen molar-refractivity contribution in [3.8, 4) is 11.5 Å². The number of nitrogens with zero attached hydrogens (tertiary/aromatic N) is 3. The molecule has 0 radical (unpaired) electrons. The molecule has 0 bridgehead atoms. The Morgan fingerprint density at radius 2 is 2.00 bits per heavy atom. The first-order chi connectivity index (χ1) is 9.66. The molecule has 1 saturated carbocycles. The minimum atomic E-state index is -0.406. The Kier molecular flexibility index (Phi) is 2.23. The normalized spacial score (nSPS) is 16.5. The van der Waals surface area contributed by atoms with Crippen molar-refractivity contribution in [3.63, 3.8) is 0 Å². The van der Waals surface area contributed by atoms with Gasteiger partial charge in [0.25, 0.3) is 0 Å². The molecule has 5 heteroatoms. The van der Waals surface area contributed by atoms with E-state index < -0.39 is 5.54 Å². The van der Waals surface area contributed by atoms with Crippen molar-refractivity contribution < 1.29 is 4.52 Å². The molecule has 0 spiro atoms. The van der Waals surface area contributed by atoms with Gasteiger partial charge >= 0.3 is 0 Å². The number of benzene rings is 1. The number of para-hydroxylation sites is 1. The lowest BCUT2D eigenvalue weighted by Crippen LogP contribution is -2.18. The zero-order valence-electron chi connectivity index (χ0n) is 11.1. The third kappa shape index (κ3) is 1.71. The zero-order valence-corrected chi connectivity index (χ0v) is 11.1. The van der Waals surface area contributed by atoms with Crippen LogP contribution < -0.4 is 5.73 Å². The smallest absolute Gasteiger partial charge is 0.247 e. The summed E-state index contributed by atoms with van der Waals surface area (Å²) in [5.74, 6) is 1.02. The summed E-state index contributed by atoms with van der Waals surface area (Å²) in [6, 6.07) is 10.0. The fourth-order valence-electron chi connectivity index (χ4n) is 2.34. The average molecular weight is 266 g/mol. The van der Waals surface area contributed by atoms with Crippen LogP contribution in [0.15, 0.2) is 34.9 Å². The molecule has 20 heavy (non-hydrogen) atoms. The maximum absolute atomic E-state index is 6.06. The molecule has 2 aromatic heterocycles. The molecule has 1 aliphatic rings. The molecule has 0 unspecified atom stereocenters. The van der Waals surface area contributed by atoms with E-state index in [2.05, 4.69) is 28.1 Å². The van der Waals surface area contributed by atoms with Crippen LogP contribution in [0.1, 0.15) is 24.3 Å². The second kappa shape index (κ2) is 3.86. The second-order valence-corrected chi connectivity index (χ2v) is 5.42. The minimum Gasteiger partial charge on any atom is -0.337 e. The first-order valence-corrected chi connectivity index (χ1v) is 6.66. The van der Waals surface area contributed by atoms with E-state index >= 15 is 0 Å². The zero-order chi connectivity index (χ0) is 13.7. The SMILES string of the molecule is Cc1cc(-c2noc(C3(N)CC3)n2)nc2ccccc12. The summed E-state index contributed by atoms with van der Waals surface area (Å²) in [5.41, 5.74) is 8.46. The van der Waals surface area contributed by atoms with Crippen molar-refractivity contribution in [1.82, 2.24) is 15.1 Å². The highest BCUT2D eigenvalue weighted by Gasteiger charge is 2.45. The fourth-order valence-corrected chi connectivity index (χ4v) is 2.34. The van der Waals surface area contributed by atoms with Crippen LogP contribution in [-0.2, 0) is 5.54 Å². The van der Waals surface area contributed by atoms with E-state index in [0.717, 1.165) is 35.0 Å². The minimum absolute atomic E-state index is 0.406. The van der Waals surface area contributed by atoms with E-state index in [1.54, 1.807) is 0 Å². The molecular weight excluding hydrogens is 252 g/mol. The molecule has 100 valence electrons. The molecule has 2 heterocycles. The largest absolute Gasteiger partial charge is 0.337 e. The van der Waals surface area contributed by atoms with Gasteiger partial charge in [-0.05, 0) is 37.5 Å². The van der Waals surface area contributed by atoms with Crippen LogP contribution >= 0.6 is 0 Å². The lowest BCUT2D eigenvalue weighted by molar-refractivity contribution is 0.348. The van der Waals surface area contributed by atoms with E-state index in [1.807, 2.05) is 24.3 Å². The van der Waals surface area contributed by atoms with Crippen LogP contribution in [0, 0.1) is 6.92 Å². The number of pyridine rings is 1. The van der Waals surface area contributed by atoms with Gasteiger partial charge < -0.3 is 10.3 Å². The van der Waals surface area contributed by atoms with Crippen molar-refractivity contribution in [3.05, 3.63) is 41.8 Å². The van der Waals surface area contributed by atoms with Crippen LogP contribution in [0.3, 0.4) is 0 Å². The highest BCUT2D eigenvalue weighted by Crippen LogP contribution is 2.42. The summed E-state index contributed by atoms with van der Waals surface area (Å²) in [7, 11) is 0. The summed E-state index contributed by atoms with van der Waals surface area (Å²) >= 11 is 0. The van der Waals surface area contributed by atoms with Gasteiger partial charge in [0.15, 0.2) is 0 Å². The van der Waals surface area contributed by atoms with Crippen LogP contribution in [0.4, 0.5) is 0 Å². The Morgan fingerprint density at radius 1 is 1.20 bits per heavy atom. The molecule has 3 aromatic rings. The predicted octanol–water partition coefficient (Wildman–Crippen LogP) is 2.54. The number of aromatic nitrogens is 3. The maximum atomic E-state index is 6.06. The third-order valence-corrected chi connectivity index (χ3v) is 3.79. The number of rotatable bonds is 2. The molecule has 4 rings (SSSR count). The first-order valence-electron chi connectivity index (χ1n) is 6.66. The van der Waals surface area contributed by atoms with Crippen LogP contribution in [0.25, 0.3) is 22.4 Å².